The number of nitrogens with zero attached hydrogens (tertiary/aromatic N) is 2. The van der Waals surface area contributed by atoms with E-state index in [4.69, 9.17) is 4.74 Å². The van der Waals surface area contributed by atoms with Gasteiger partial charge in [0.15, 0.2) is 0 Å². The highest BCUT2D eigenvalue weighted by Gasteiger charge is 2.48. The van der Waals surface area contributed by atoms with Crippen LogP contribution in [0, 0.1) is 37.5 Å². The van der Waals surface area contributed by atoms with Gasteiger partial charge in [0.2, 0.25) is 0 Å². The first-order valence-corrected chi connectivity index (χ1v) is 6.64. The summed E-state index contributed by atoms with van der Waals surface area (Å²) >= 11 is 0. The smallest absolute Gasteiger partial charge is 0.123 e. The molecule has 3 heteroatoms. The van der Waals surface area contributed by atoms with Gasteiger partial charge in [0.1, 0.15) is 5.41 Å². The Labute approximate surface area is 115 Å². The van der Waals surface area contributed by atoms with Gasteiger partial charge >= 0.3 is 0 Å². The van der Waals surface area contributed by atoms with E-state index in [9.17, 15) is 5.26 Å². The maximum atomic E-state index is 9.58. The van der Waals surface area contributed by atoms with Crippen molar-refractivity contribution in [1.29, 1.82) is 5.26 Å². The van der Waals surface area contributed by atoms with Gasteiger partial charge in [-0.05, 0) is 57.1 Å². The molecule has 0 N–H and O–H groups in total. The third kappa shape index (κ3) is 2.27. The molecule has 0 spiro atoms. The summed E-state index contributed by atoms with van der Waals surface area (Å²) in [4.78, 5) is 2.14. The molecule has 1 fully saturated rings. The number of hydrogen-bond donors (Lipinski definition) is 0. The first-order valence-electron chi connectivity index (χ1n) is 6.64. The first kappa shape index (κ1) is 14.0. The lowest BCUT2D eigenvalue weighted by Crippen LogP contribution is -2.50. The molecule has 1 aliphatic heterocycles. The number of nitriles is 1. The molecule has 3 nitrogen and oxygen atoms in total. The molecule has 19 heavy (non-hydrogen) atoms. The minimum atomic E-state index is -0.407. The monoisotopic (exact) mass is 258 g/mol. The quantitative estimate of drug-likeness (QED) is 0.836. The molecule has 0 bridgehead atoms. The van der Waals surface area contributed by atoms with Crippen molar-refractivity contribution in [2.75, 3.05) is 27.3 Å². The molecule has 0 aliphatic carbocycles. The molecule has 1 saturated heterocycles. The van der Waals surface area contributed by atoms with Gasteiger partial charge in [-0.25, -0.2) is 0 Å². The fraction of sp³-hybridized carbons (Fsp3) is 0.562. The van der Waals surface area contributed by atoms with Crippen molar-refractivity contribution in [2.45, 2.75) is 26.8 Å². The van der Waals surface area contributed by atoms with Crippen molar-refractivity contribution >= 4 is 0 Å². The molecule has 102 valence electrons. The molecule has 1 atom stereocenters. The molecule has 1 unspecified atom stereocenters. The number of hydrogen-bond acceptors (Lipinski definition) is 3. The molecule has 1 aromatic rings. The van der Waals surface area contributed by atoms with Crippen molar-refractivity contribution < 1.29 is 4.74 Å². The van der Waals surface area contributed by atoms with E-state index in [1.165, 1.54) is 22.3 Å². The van der Waals surface area contributed by atoms with Gasteiger partial charge in [0.25, 0.3) is 0 Å². The SMILES string of the molecule is Cc1cc(C)c(C(N(C)C)C2(C#N)COC2)cc1C. The van der Waals surface area contributed by atoms with Crippen LogP contribution in [0.25, 0.3) is 0 Å². The van der Waals surface area contributed by atoms with E-state index >= 15 is 0 Å². The Hall–Kier alpha value is -1.37. The van der Waals surface area contributed by atoms with Crippen LogP contribution in [0.5, 0.6) is 0 Å². The summed E-state index contributed by atoms with van der Waals surface area (Å²) in [6.07, 6.45) is 0. The van der Waals surface area contributed by atoms with Crippen LogP contribution in [-0.4, -0.2) is 32.2 Å². The summed E-state index contributed by atoms with van der Waals surface area (Å²) in [6.45, 7) is 7.44. The van der Waals surface area contributed by atoms with E-state index in [0.717, 1.165) is 0 Å². The van der Waals surface area contributed by atoms with Crippen LogP contribution in [0.2, 0.25) is 0 Å². The fourth-order valence-corrected chi connectivity index (χ4v) is 2.95. The first-order chi connectivity index (χ1) is 8.91. The Morgan fingerprint density at radius 1 is 1.16 bits per heavy atom. The zero-order chi connectivity index (χ0) is 14.2. The van der Waals surface area contributed by atoms with E-state index in [-0.39, 0.29) is 6.04 Å². The second kappa shape index (κ2) is 4.96. The van der Waals surface area contributed by atoms with E-state index in [1.807, 2.05) is 14.1 Å². The molecular weight excluding hydrogens is 236 g/mol. The lowest BCUT2D eigenvalue weighted by molar-refractivity contribution is -0.115. The Morgan fingerprint density at radius 3 is 2.16 bits per heavy atom. The lowest BCUT2D eigenvalue weighted by Gasteiger charge is -2.45. The normalized spacial score (nSPS) is 18.8. The summed E-state index contributed by atoms with van der Waals surface area (Å²) in [6, 6.07) is 7.02. The summed E-state index contributed by atoms with van der Waals surface area (Å²) in [5.41, 5.74) is 4.67. The second-order valence-corrected chi connectivity index (χ2v) is 5.92. The highest BCUT2D eigenvalue weighted by Crippen LogP contribution is 2.44. The van der Waals surface area contributed by atoms with Crippen molar-refractivity contribution in [3.8, 4) is 6.07 Å². The fourth-order valence-electron chi connectivity index (χ4n) is 2.95. The van der Waals surface area contributed by atoms with Crippen LogP contribution in [0.3, 0.4) is 0 Å². The average molecular weight is 258 g/mol. The van der Waals surface area contributed by atoms with Crippen LogP contribution in [0.1, 0.15) is 28.3 Å². The molecule has 0 aromatic heterocycles. The third-order valence-corrected chi connectivity index (χ3v) is 4.16. The summed E-state index contributed by atoms with van der Waals surface area (Å²) in [5.74, 6) is 0. The Kier molecular flexibility index (Phi) is 3.66. The van der Waals surface area contributed by atoms with Crippen LogP contribution < -0.4 is 0 Å². The maximum absolute atomic E-state index is 9.58. The second-order valence-electron chi connectivity index (χ2n) is 5.92. The van der Waals surface area contributed by atoms with E-state index in [0.29, 0.717) is 13.2 Å². The summed E-state index contributed by atoms with van der Waals surface area (Å²) in [7, 11) is 4.08. The van der Waals surface area contributed by atoms with Gasteiger partial charge in [-0.1, -0.05) is 12.1 Å². The topological polar surface area (TPSA) is 36.3 Å². The van der Waals surface area contributed by atoms with Gasteiger partial charge in [-0.3, -0.25) is 0 Å². The highest BCUT2D eigenvalue weighted by atomic mass is 16.5. The molecular formula is C16H22N2O. The number of benzene rings is 1. The number of aryl methyl sites for hydroxylation is 3. The van der Waals surface area contributed by atoms with Gasteiger partial charge in [-0.15, -0.1) is 0 Å². The van der Waals surface area contributed by atoms with E-state index < -0.39 is 5.41 Å². The van der Waals surface area contributed by atoms with E-state index in [2.05, 4.69) is 43.9 Å². The molecule has 0 saturated carbocycles. The minimum Gasteiger partial charge on any atom is -0.378 e. The molecule has 0 radical (unpaired) electrons. The average Bonchev–Trinajstić information content (AvgIpc) is 2.28. The molecule has 0 amide bonds. The molecule has 1 aliphatic rings. The molecule has 2 rings (SSSR count). The Bertz CT molecular complexity index is 524. The Morgan fingerprint density at radius 2 is 1.74 bits per heavy atom. The predicted octanol–water partition coefficient (Wildman–Crippen LogP) is 2.75. The Balaban J connectivity index is 2.52. The number of rotatable bonds is 3. The maximum Gasteiger partial charge on any atom is 0.123 e. The van der Waals surface area contributed by atoms with Gasteiger partial charge in [0.05, 0.1) is 25.3 Å². The zero-order valence-corrected chi connectivity index (χ0v) is 12.4. The van der Waals surface area contributed by atoms with Crippen LogP contribution in [-0.2, 0) is 4.74 Å². The highest BCUT2D eigenvalue weighted by molar-refractivity contribution is 5.40. The van der Waals surface area contributed by atoms with Crippen LogP contribution in [0.4, 0.5) is 0 Å². The molecule has 1 aromatic carbocycles. The third-order valence-electron chi connectivity index (χ3n) is 4.16. The summed E-state index contributed by atoms with van der Waals surface area (Å²) < 4.78 is 5.33. The predicted molar refractivity (Wildman–Crippen MR) is 75.9 cm³/mol. The minimum absolute atomic E-state index is 0.0885. The molecule has 1 heterocycles. The largest absolute Gasteiger partial charge is 0.378 e. The van der Waals surface area contributed by atoms with Crippen LogP contribution >= 0.6 is 0 Å². The van der Waals surface area contributed by atoms with Gasteiger partial charge < -0.3 is 9.64 Å². The summed E-state index contributed by atoms with van der Waals surface area (Å²) in [5, 5.41) is 9.58. The lowest BCUT2D eigenvalue weighted by atomic mass is 9.74. The van der Waals surface area contributed by atoms with Crippen molar-refractivity contribution in [1.82, 2.24) is 4.90 Å². The van der Waals surface area contributed by atoms with Crippen molar-refractivity contribution in [2.24, 2.45) is 5.41 Å². The van der Waals surface area contributed by atoms with Crippen molar-refractivity contribution in [3.05, 3.63) is 34.4 Å². The van der Waals surface area contributed by atoms with E-state index in [1.54, 1.807) is 0 Å². The van der Waals surface area contributed by atoms with Crippen molar-refractivity contribution in [3.63, 3.8) is 0 Å². The van der Waals surface area contributed by atoms with Gasteiger partial charge in [-0.2, -0.15) is 5.26 Å². The standard InChI is InChI=1S/C16H22N2O/c1-11-6-13(3)14(7-12(11)2)15(18(4)5)16(8-17)9-19-10-16/h6-7,15H,9-10H2,1-5H3. The number of ether oxygens (including phenoxy) is 1. The van der Waals surface area contributed by atoms with Crippen LogP contribution in [0.15, 0.2) is 12.1 Å². The van der Waals surface area contributed by atoms with Gasteiger partial charge in [0, 0.05) is 0 Å². The zero-order valence-electron chi connectivity index (χ0n) is 12.4.